The Morgan fingerprint density at radius 1 is 1.15 bits per heavy atom. The summed E-state index contributed by atoms with van der Waals surface area (Å²) in [5.74, 6) is 0.775. The lowest BCUT2D eigenvalue weighted by molar-refractivity contribution is -0.124. The molecule has 0 unspecified atom stereocenters. The average Bonchev–Trinajstić information content (AvgIpc) is 3.11. The van der Waals surface area contributed by atoms with Gasteiger partial charge in [0.15, 0.2) is 0 Å². The Balaban J connectivity index is 1.83. The number of hydrogen-bond acceptors (Lipinski definition) is 7. The quantitative estimate of drug-likeness (QED) is 0.452. The van der Waals surface area contributed by atoms with Crippen molar-refractivity contribution in [1.29, 1.82) is 5.26 Å². The number of amides is 1. The summed E-state index contributed by atoms with van der Waals surface area (Å²) in [6.45, 7) is 7.73. The lowest BCUT2D eigenvalue weighted by Gasteiger charge is -2.36. The smallest absolute Gasteiger partial charge is 0.270 e. The first-order chi connectivity index (χ1) is 16.4. The van der Waals surface area contributed by atoms with Crippen LogP contribution in [0.3, 0.4) is 0 Å². The van der Waals surface area contributed by atoms with Crippen molar-refractivity contribution in [1.82, 2.24) is 14.4 Å². The molecule has 4 rings (SSSR count). The third-order valence-electron chi connectivity index (χ3n) is 7.14. The number of piperazine rings is 1. The fourth-order valence-electron chi connectivity index (χ4n) is 5.20. The van der Waals surface area contributed by atoms with Crippen LogP contribution in [-0.4, -0.2) is 63.9 Å². The topological polar surface area (TPSA) is 72.6 Å². The molecule has 3 heterocycles. The number of nitrogens with zero attached hydrogens (tertiary/aromatic N) is 5. The number of nitriles is 1. The van der Waals surface area contributed by atoms with Crippen LogP contribution in [-0.2, 0) is 11.3 Å². The minimum Gasteiger partial charge on any atom is -0.355 e. The van der Waals surface area contributed by atoms with Crippen LogP contribution in [0.5, 0.6) is 0 Å². The Kier molecular flexibility index (Phi) is 7.80. The largest absolute Gasteiger partial charge is 0.355 e. The number of pyridine rings is 1. The molecule has 0 radical (unpaired) electrons. The van der Waals surface area contributed by atoms with E-state index in [0.717, 1.165) is 69.7 Å². The molecule has 1 saturated carbocycles. The predicted molar refractivity (Wildman–Crippen MR) is 142 cm³/mol. The maximum atomic E-state index is 13.5. The summed E-state index contributed by atoms with van der Waals surface area (Å²) in [5.41, 5.74) is 1.33. The van der Waals surface area contributed by atoms with Gasteiger partial charge in [-0.3, -0.25) is 19.1 Å². The molecule has 3 fully saturated rings. The molecule has 0 atom stereocenters. The Bertz CT molecular complexity index is 1110. The summed E-state index contributed by atoms with van der Waals surface area (Å²) >= 11 is 6.98. The number of carbonyl (C=O) groups is 1. The van der Waals surface area contributed by atoms with E-state index in [-0.39, 0.29) is 23.1 Å². The highest BCUT2D eigenvalue weighted by molar-refractivity contribution is 8.26. The van der Waals surface area contributed by atoms with Crippen molar-refractivity contribution in [3.05, 3.63) is 31.9 Å². The minimum atomic E-state index is -0.248. The van der Waals surface area contributed by atoms with Crippen molar-refractivity contribution in [3.63, 3.8) is 0 Å². The van der Waals surface area contributed by atoms with Crippen molar-refractivity contribution in [3.8, 4) is 6.07 Å². The van der Waals surface area contributed by atoms with Gasteiger partial charge in [-0.25, -0.2) is 0 Å². The van der Waals surface area contributed by atoms with Crippen LogP contribution in [0.2, 0.25) is 0 Å². The van der Waals surface area contributed by atoms with Gasteiger partial charge in [-0.05, 0) is 44.9 Å². The molecule has 2 aliphatic heterocycles. The van der Waals surface area contributed by atoms with E-state index in [4.69, 9.17) is 12.2 Å². The maximum Gasteiger partial charge on any atom is 0.270 e. The van der Waals surface area contributed by atoms with Crippen LogP contribution in [0.15, 0.2) is 9.70 Å². The van der Waals surface area contributed by atoms with Crippen LogP contribution in [0, 0.1) is 18.3 Å². The Morgan fingerprint density at radius 2 is 1.82 bits per heavy atom. The minimum absolute atomic E-state index is 0.0441. The summed E-state index contributed by atoms with van der Waals surface area (Å²) in [6, 6.07) is 2.30. The number of carbonyl (C=O) groups excluding carboxylic acids is 1. The normalized spacial score (nSPS) is 21.5. The van der Waals surface area contributed by atoms with Gasteiger partial charge in [-0.15, -0.1) is 0 Å². The highest BCUT2D eigenvalue weighted by Gasteiger charge is 2.38. The molecular formula is C25H33N5O2S2. The van der Waals surface area contributed by atoms with E-state index in [1.807, 2.05) is 24.8 Å². The summed E-state index contributed by atoms with van der Waals surface area (Å²) < 4.78 is 2.36. The molecule has 1 amide bonds. The highest BCUT2D eigenvalue weighted by atomic mass is 32.2. The number of rotatable bonds is 5. The number of aromatic nitrogens is 1. The summed E-state index contributed by atoms with van der Waals surface area (Å²) in [5, 5.41) is 9.81. The van der Waals surface area contributed by atoms with Gasteiger partial charge in [0.25, 0.3) is 11.5 Å². The lowest BCUT2D eigenvalue weighted by atomic mass is 9.94. The molecule has 0 aromatic carbocycles. The molecule has 2 saturated heterocycles. The molecule has 7 nitrogen and oxygen atoms in total. The predicted octanol–water partition coefficient (Wildman–Crippen LogP) is 3.72. The zero-order valence-electron chi connectivity index (χ0n) is 20.3. The van der Waals surface area contributed by atoms with Crippen molar-refractivity contribution >= 4 is 46.1 Å². The van der Waals surface area contributed by atoms with Gasteiger partial charge in [0.05, 0.1) is 4.91 Å². The van der Waals surface area contributed by atoms with Crippen LogP contribution in [0.1, 0.15) is 62.1 Å². The van der Waals surface area contributed by atoms with Gasteiger partial charge in [-0.1, -0.05) is 50.2 Å². The zero-order chi connectivity index (χ0) is 24.4. The standard InChI is InChI=1S/C25H33N5O2S2/c1-4-10-29-22(28-13-11-27(3)12-14-28)19(17(2)20(16-26)23(29)31)15-21-24(32)30(25(33)34-21)18-8-6-5-7-9-18/h15,18H,4-14H2,1-3H3/b21-15+. The first kappa shape index (κ1) is 25.0. The van der Waals surface area contributed by atoms with Gasteiger partial charge in [0, 0.05) is 44.3 Å². The molecule has 3 aliphatic rings. The lowest BCUT2D eigenvalue weighted by Crippen LogP contribution is -2.47. The number of anilines is 1. The number of thioether (sulfide) groups is 1. The molecule has 0 N–H and O–H groups in total. The summed E-state index contributed by atoms with van der Waals surface area (Å²) in [6.07, 6.45) is 8.11. The molecule has 1 aliphatic carbocycles. The van der Waals surface area contributed by atoms with Crippen LogP contribution in [0.4, 0.5) is 5.82 Å². The summed E-state index contributed by atoms with van der Waals surface area (Å²) in [7, 11) is 2.10. The molecule has 0 spiro atoms. The van der Waals surface area contributed by atoms with E-state index in [2.05, 4.69) is 22.9 Å². The maximum absolute atomic E-state index is 13.5. The monoisotopic (exact) mass is 499 g/mol. The molecule has 182 valence electrons. The van der Waals surface area contributed by atoms with Gasteiger partial charge < -0.3 is 9.80 Å². The van der Waals surface area contributed by atoms with Crippen LogP contribution in [0.25, 0.3) is 6.08 Å². The van der Waals surface area contributed by atoms with E-state index in [1.165, 1.54) is 18.2 Å². The number of thiocarbonyl (C=S) groups is 1. The second kappa shape index (κ2) is 10.6. The number of hydrogen-bond donors (Lipinski definition) is 0. The van der Waals surface area contributed by atoms with Crippen molar-refractivity contribution in [2.24, 2.45) is 0 Å². The van der Waals surface area contributed by atoms with Gasteiger partial charge in [0.2, 0.25) is 0 Å². The Labute approximate surface area is 211 Å². The highest BCUT2D eigenvalue weighted by Crippen LogP contribution is 2.39. The zero-order valence-corrected chi connectivity index (χ0v) is 21.9. The average molecular weight is 500 g/mol. The Morgan fingerprint density at radius 3 is 2.44 bits per heavy atom. The van der Waals surface area contributed by atoms with Crippen molar-refractivity contribution in [2.45, 2.75) is 65.0 Å². The van der Waals surface area contributed by atoms with Crippen LogP contribution < -0.4 is 10.5 Å². The first-order valence-corrected chi connectivity index (χ1v) is 13.5. The van der Waals surface area contributed by atoms with Crippen LogP contribution >= 0.6 is 24.0 Å². The van der Waals surface area contributed by atoms with E-state index in [1.54, 1.807) is 4.57 Å². The first-order valence-electron chi connectivity index (χ1n) is 12.2. The van der Waals surface area contributed by atoms with Gasteiger partial charge in [0.1, 0.15) is 21.8 Å². The second-order valence-electron chi connectivity index (χ2n) is 9.44. The SMILES string of the molecule is CCCn1c(N2CCN(C)CC2)c(/C=C2/SC(=S)N(C3CCCCC3)C2=O)c(C)c(C#N)c1=O. The third-order valence-corrected chi connectivity index (χ3v) is 8.47. The van der Waals surface area contributed by atoms with Gasteiger partial charge >= 0.3 is 0 Å². The molecule has 0 bridgehead atoms. The van der Waals surface area contributed by atoms with E-state index in [0.29, 0.717) is 21.3 Å². The third kappa shape index (κ3) is 4.68. The summed E-state index contributed by atoms with van der Waals surface area (Å²) in [4.78, 5) is 33.7. The molecule has 9 heteroatoms. The molecule has 34 heavy (non-hydrogen) atoms. The van der Waals surface area contributed by atoms with Crippen molar-refractivity contribution < 1.29 is 4.79 Å². The Hall–Kier alpha value is -2.15. The van der Waals surface area contributed by atoms with E-state index < -0.39 is 0 Å². The second-order valence-corrected chi connectivity index (χ2v) is 11.1. The van der Waals surface area contributed by atoms with E-state index in [9.17, 15) is 14.9 Å². The van der Waals surface area contributed by atoms with Gasteiger partial charge in [-0.2, -0.15) is 5.26 Å². The van der Waals surface area contributed by atoms with Crippen molar-refractivity contribution in [2.75, 3.05) is 38.1 Å². The fourth-order valence-corrected chi connectivity index (χ4v) is 6.58. The molecule has 1 aromatic rings. The van der Waals surface area contributed by atoms with E-state index >= 15 is 0 Å². The molecular weight excluding hydrogens is 466 g/mol. The number of likely N-dealkylation sites (N-methyl/N-ethyl adjacent to an activating group) is 1. The molecule has 1 aromatic heterocycles. The fraction of sp³-hybridized carbons (Fsp3) is 0.600.